The van der Waals surface area contributed by atoms with E-state index in [0.717, 1.165) is 29.9 Å². The van der Waals surface area contributed by atoms with E-state index >= 15 is 0 Å². The van der Waals surface area contributed by atoms with Gasteiger partial charge in [0.2, 0.25) is 0 Å². The van der Waals surface area contributed by atoms with Crippen molar-refractivity contribution in [1.29, 1.82) is 0 Å². The fourth-order valence-electron chi connectivity index (χ4n) is 4.09. The number of hydrogen-bond acceptors (Lipinski definition) is 0. The Morgan fingerprint density at radius 3 is 2.42 bits per heavy atom. The number of alkyl halides is 1. The topological polar surface area (TPSA) is 0 Å². The number of hydrogen-bond donors (Lipinski definition) is 0. The van der Waals surface area contributed by atoms with E-state index in [4.69, 9.17) is 11.6 Å². The molecule has 0 heterocycles. The van der Waals surface area contributed by atoms with Gasteiger partial charge in [0.05, 0.1) is 6.67 Å². The van der Waals surface area contributed by atoms with Gasteiger partial charge in [-0.15, -0.1) is 0 Å². The third-order valence-corrected chi connectivity index (χ3v) is 6.10. The normalized spacial score (nSPS) is 20.3. The number of unbranched alkanes of at least 4 members (excludes halogenated alkanes) is 1. The third kappa shape index (κ3) is 4.65. The summed E-state index contributed by atoms with van der Waals surface area (Å²) in [4.78, 5) is 0. The minimum Gasteiger partial charge on any atom is -0.251 e. The van der Waals surface area contributed by atoms with Crippen molar-refractivity contribution in [2.45, 2.75) is 57.8 Å². The van der Waals surface area contributed by atoms with E-state index in [-0.39, 0.29) is 12.5 Å². The summed E-state index contributed by atoms with van der Waals surface area (Å²) in [6, 6.07) is 11.5. The number of aryl methyl sites for hydroxylation is 1. The molecule has 0 amide bonds. The van der Waals surface area contributed by atoms with Gasteiger partial charge < -0.3 is 0 Å². The van der Waals surface area contributed by atoms with Crippen LogP contribution in [-0.2, 0) is 0 Å². The number of halogens is 3. The van der Waals surface area contributed by atoms with Gasteiger partial charge in [0.25, 0.3) is 0 Å². The Morgan fingerprint density at radius 1 is 1.00 bits per heavy atom. The quantitative estimate of drug-likeness (QED) is 0.450. The van der Waals surface area contributed by atoms with Gasteiger partial charge >= 0.3 is 0 Å². The van der Waals surface area contributed by atoms with Crippen LogP contribution in [0.1, 0.15) is 62.0 Å². The molecule has 3 rings (SSSR count). The average molecular weight is 377 g/mol. The monoisotopic (exact) mass is 376 g/mol. The van der Waals surface area contributed by atoms with Crippen molar-refractivity contribution in [3.8, 4) is 11.1 Å². The molecule has 140 valence electrons. The van der Waals surface area contributed by atoms with Gasteiger partial charge in [-0.3, -0.25) is 4.39 Å². The summed E-state index contributed by atoms with van der Waals surface area (Å²) in [6.45, 7) is 1.57. The maximum Gasteiger partial charge on any atom is 0.126 e. The molecule has 26 heavy (non-hydrogen) atoms. The van der Waals surface area contributed by atoms with Crippen LogP contribution in [0.2, 0.25) is 5.02 Å². The van der Waals surface area contributed by atoms with Crippen LogP contribution >= 0.6 is 11.6 Å². The maximum atomic E-state index is 13.9. The Labute approximate surface area is 160 Å². The van der Waals surface area contributed by atoms with Crippen molar-refractivity contribution in [2.24, 2.45) is 5.92 Å². The molecule has 2 aromatic rings. The van der Waals surface area contributed by atoms with Gasteiger partial charge in [-0.2, -0.15) is 0 Å². The Morgan fingerprint density at radius 2 is 1.77 bits per heavy atom. The molecule has 1 aliphatic carbocycles. The molecule has 1 aliphatic rings. The fraction of sp³-hybridized carbons (Fsp3) is 0.478. The number of benzene rings is 2. The smallest absolute Gasteiger partial charge is 0.126 e. The molecule has 3 heteroatoms. The lowest BCUT2D eigenvalue weighted by molar-refractivity contribution is 0.298. The second-order valence-electron chi connectivity index (χ2n) is 7.61. The van der Waals surface area contributed by atoms with Crippen molar-refractivity contribution in [1.82, 2.24) is 0 Å². The van der Waals surface area contributed by atoms with Crippen molar-refractivity contribution < 1.29 is 8.78 Å². The number of rotatable bonds is 6. The molecule has 0 radical (unpaired) electrons. The lowest BCUT2D eigenvalue weighted by atomic mass is 9.77. The SMILES string of the molecule is Cc1ccc(-c2ccc(C3CCC(CCCCF)CC3)cc2Cl)cc1F. The predicted molar refractivity (Wildman–Crippen MR) is 106 cm³/mol. The minimum absolute atomic E-state index is 0.189. The van der Waals surface area contributed by atoms with Gasteiger partial charge in [0.15, 0.2) is 0 Å². The van der Waals surface area contributed by atoms with E-state index in [9.17, 15) is 8.78 Å². The molecule has 0 bridgehead atoms. The fourth-order valence-corrected chi connectivity index (χ4v) is 4.39. The molecule has 1 saturated carbocycles. The summed E-state index contributed by atoms with van der Waals surface area (Å²) in [5.74, 6) is 1.10. The minimum atomic E-state index is -0.200. The molecule has 0 nitrogen and oxygen atoms in total. The second-order valence-corrected chi connectivity index (χ2v) is 8.01. The highest BCUT2D eigenvalue weighted by atomic mass is 35.5. The average Bonchev–Trinajstić information content (AvgIpc) is 2.65. The summed E-state index contributed by atoms with van der Waals surface area (Å²) >= 11 is 6.53. The van der Waals surface area contributed by atoms with Crippen LogP contribution in [0, 0.1) is 18.7 Å². The first-order chi connectivity index (χ1) is 12.6. The summed E-state index contributed by atoms with van der Waals surface area (Å²) in [5, 5.41) is 0.691. The Bertz CT molecular complexity index is 733. The summed E-state index contributed by atoms with van der Waals surface area (Å²) in [7, 11) is 0. The molecule has 0 unspecified atom stereocenters. The largest absolute Gasteiger partial charge is 0.251 e. The molecule has 2 aromatic carbocycles. The first-order valence-corrected chi connectivity index (χ1v) is 10.1. The summed E-state index contributed by atoms with van der Waals surface area (Å²) in [6.07, 6.45) is 7.68. The lowest BCUT2D eigenvalue weighted by Crippen LogP contribution is -2.13. The van der Waals surface area contributed by atoms with E-state index in [1.54, 1.807) is 19.1 Å². The molecule has 0 atom stereocenters. The highest BCUT2D eigenvalue weighted by Gasteiger charge is 2.22. The molecular weight excluding hydrogens is 350 g/mol. The lowest BCUT2D eigenvalue weighted by Gasteiger charge is -2.29. The summed E-state index contributed by atoms with van der Waals surface area (Å²) < 4.78 is 26.1. The van der Waals surface area contributed by atoms with Crippen LogP contribution in [0.5, 0.6) is 0 Å². The van der Waals surface area contributed by atoms with E-state index in [1.165, 1.54) is 31.2 Å². The predicted octanol–water partition coefficient (Wildman–Crippen LogP) is 7.87. The standard InChI is InChI=1S/C23H27ClF2/c1-16-5-8-20(15-23(16)26)21-12-11-19(14-22(21)24)18-9-6-17(7-10-18)4-2-3-13-25/h5,8,11-12,14-15,17-18H,2-4,6-7,9-10,13H2,1H3. The first-order valence-electron chi connectivity index (χ1n) is 9.70. The molecule has 0 aliphatic heterocycles. The van der Waals surface area contributed by atoms with Crippen LogP contribution in [-0.4, -0.2) is 6.67 Å². The first kappa shape index (κ1) is 19.4. The molecule has 0 aromatic heterocycles. The Kier molecular flexibility index (Phi) is 6.69. The molecule has 0 saturated heterocycles. The zero-order valence-electron chi connectivity index (χ0n) is 15.4. The zero-order valence-corrected chi connectivity index (χ0v) is 16.2. The van der Waals surface area contributed by atoms with Crippen molar-refractivity contribution in [3.05, 3.63) is 58.4 Å². The second kappa shape index (κ2) is 8.99. The van der Waals surface area contributed by atoms with Crippen molar-refractivity contribution in [2.75, 3.05) is 6.67 Å². The Hall–Kier alpha value is -1.41. The molecule has 1 fully saturated rings. The van der Waals surface area contributed by atoms with Crippen molar-refractivity contribution >= 4 is 11.6 Å². The third-order valence-electron chi connectivity index (χ3n) is 5.79. The zero-order chi connectivity index (χ0) is 18.5. The van der Waals surface area contributed by atoms with E-state index in [1.807, 2.05) is 12.1 Å². The Balaban J connectivity index is 1.66. The van der Waals surface area contributed by atoms with Crippen LogP contribution in [0.25, 0.3) is 11.1 Å². The van der Waals surface area contributed by atoms with Gasteiger partial charge in [-0.05, 0) is 79.7 Å². The molecule has 0 N–H and O–H groups in total. The van der Waals surface area contributed by atoms with Crippen molar-refractivity contribution in [3.63, 3.8) is 0 Å². The molecular formula is C23H27ClF2. The van der Waals surface area contributed by atoms with Gasteiger partial charge in [-0.1, -0.05) is 48.7 Å². The van der Waals surface area contributed by atoms with Crippen LogP contribution in [0.4, 0.5) is 8.78 Å². The van der Waals surface area contributed by atoms with Crippen LogP contribution in [0.3, 0.4) is 0 Å². The van der Waals surface area contributed by atoms with Gasteiger partial charge in [-0.25, -0.2) is 4.39 Å². The van der Waals surface area contributed by atoms with Gasteiger partial charge in [0.1, 0.15) is 5.82 Å². The highest BCUT2D eigenvalue weighted by Crippen LogP contribution is 2.40. The van der Waals surface area contributed by atoms with Crippen LogP contribution < -0.4 is 0 Å². The summed E-state index contributed by atoms with van der Waals surface area (Å²) in [5.41, 5.74) is 3.63. The van der Waals surface area contributed by atoms with E-state index in [0.29, 0.717) is 22.9 Å². The highest BCUT2D eigenvalue weighted by molar-refractivity contribution is 6.33. The van der Waals surface area contributed by atoms with Gasteiger partial charge in [0, 0.05) is 10.6 Å². The van der Waals surface area contributed by atoms with E-state index < -0.39 is 0 Å². The van der Waals surface area contributed by atoms with E-state index in [2.05, 4.69) is 12.1 Å². The van der Waals surface area contributed by atoms with Crippen LogP contribution in [0.15, 0.2) is 36.4 Å². The molecule has 0 spiro atoms. The maximum absolute atomic E-state index is 13.9.